The monoisotopic (exact) mass is 202 g/mol. The first-order valence-electron chi connectivity index (χ1n) is 4.95. The second-order valence-electron chi connectivity index (χ2n) is 3.73. The first-order chi connectivity index (χ1) is 7.18. The van der Waals surface area contributed by atoms with Crippen molar-refractivity contribution in [2.75, 3.05) is 0 Å². The molecule has 0 atom stereocenters. The molecular weight excluding hydrogens is 188 g/mol. The zero-order valence-electron chi connectivity index (χ0n) is 8.97. The standard InChI is InChI=1S/C12H14N2O/c1-10-8-14(12(15)13(10)2)9-11-6-4-3-5-7-11/h3-8H,9H2,1-2H3. The fraction of sp³-hybridized carbons (Fsp3) is 0.250. The van der Waals surface area contributed by atoms with Gasteiger partial charge in [0.15, 0.2) is 0 Å². The fourth-order valence-electron chi connectivity index (χ4n) is 1.60. The van der Waals surface area contributed by atoms with E-state index in [9.17, 15) is 4.79 Å². The zero-order valence-corrected chi connectivity index (χ0v) is 8.97. The Hall–Kier alpha value is -1.77. The first-order valence-corrected chi connectivity index (χ1v) is 4.95. The summed E-state index contributed by atoms with van der Waals surface area (Å²) in [6.07, 6.45) is 1.88. The number of aryl methyl sites for hydroxylation is 1. The average Bonchev–Trinajstić information content (AvgIpc) is 2.48. The smallest absolute Gasteiger partial charge is 0.300 e. The number of benzene rings is 1. The number of nitrogens with zero attached hydrogens (tertiary/aromatic N) is 2. The van der Waals surface area contributed by atoms with Crippen LogP contribution in [0.2, 0.25) is 0 Å². The highest BCUT2D eigenvalue weighted by Gasteiger charge is 2.03. The third-order valence-corrected chi connectivity index (χ3v) is 2.60. The van der Waals surface area contributed by atoms with Crippen LogP contribution in [0.25, 0.3) is 0 Å². The van der Waals surface area contributed by atoms with Crippen molar-refractivity contribution in [1.29, 1.82) is 0 Å². The Kier molecular flexibility index (Phi) is 2.46. The van der Waals surface area contributed by atoms with Gasteiger partial charge in [-0.2, -0.15) is 0 Å². The van der Waals surface area contributed by atoms with Gasteiger partial charge in [0.05, 0.1) is 6.54 Å². The van der Waals surface area contributed by atoms with Gasteiger partial charge in [-0.15, -0.1) is 0 Å². The van der Waals surface area contributed by atoms with Crippen LogP contribution in [0.1, 0.15) is 11.3 Å². The molecular formula is C12H14N2O. The Labute approximate surface area is 88.6 Å². The molecule has 0 saturated heterocycles. The second kappa shape index (κ2) is 3.77. The number of aromatic nitrogens is 2. The Morgan fingerprint density at radius 2 is 1.87 bits per heavy atom. The van der Waals surface area contributed by atoms with Gasteiger partial charge in [0.2, 0.25) is 0 Å². The third kappa shape index (κ3) is 1.86. The van der Waals surface area contributed by atoms with Gasteiger partial charge in [-0.1, -0.05) is 30.3 Å². The van der Waals surface area contributed by atoms with Gasteiger partial charge in [0.25, 0.3) is 0 Å². The lowest BCUT2D eigenvalue weighted by Crippen LogP contribution is -2.22. The van der Waals surface area contributed by atoms with Gasteiger partial charge in [-0.25, -0.2) is 4.79 Å². The number of hydrogen-bond donors (Lipinski definition) is 0. The maximum absolute atomic E-state index is 11.7. The summed E-state index contributed by atoms with van der Waals surface area (Å²) in [6, 6.07) is 9.98. The summed E-state index contributed by atoms with van der Waals surface area (Å²) in [5.41, 5.74) is 2.16. The SMILES string of the molecule is Cc1cn(Cc2ccccc2)c(=O)n1C. The quantitative estimate of drug-likeness (QED) is 0.725. The van der Waals surface area contributed by atoms with Gasteiger partial charge in [-0.05, 0) is 12.5 Å². The van der Waals surface area contributed by atoms with E-state index in [1.165, 1.54) is 0 Å². The lowest BCUT2D eigenvalue weighted by Gasteiger charge is -2.00. The predicted octanol–water partition coefficient (Wildman–Crippen LogP) is 1.54. The van der Waals surface area contributed by atoms with E-state index in [0.29, 0.717) is 6.54 Å². The van der Waals surface area contributed by atoms with Crippen LogP contribution in [-0.4, -0.2) is 9.13 Å². The summed E-state index contributed by atoms with van der Waals surface area (Å²) in [7, 11) is 1.79. The predicted molar refractivity (Wildman–Crippen MR) is 60.0 cm³/mol. The highest BCUT2D eigenvalue weighted by atomic mass is 16.1. The van der Waals surface area contributed by atoms with Crippen molar-refractivity contribution in [3.63, 3.8) is 0 Å². The summed E-state index contributed by atoms with van der Waals surface area (Å²) < 4.78 is 3.38. The molecule has 3 heteroatoms. The summed E-state index contributed by atoms with van der Waals surface area (Å²) in [5, 5.41) is 0. The Morgan fingerprint density at radius 1 is 1.20 bits per heavy atom. The Morgan fingerprint density at radius 3 is 2.40 bits per heavy atom. The molecule has 0 amide bonds. The van der Waals surface area contributed by atoms with Crippen LogP contribution in [0.4, 0.5) is 0 Å². The van der Waals surface area contributed by atoms with Crippen LogP contribution in [-0.2, 0) is 13.6 Å². The molecule has 1 aromatic heterocycles. The highest BCUT2D eigenvalue weighted by molar-refractivity contribution is 5.15. The molecule has 0 N–H and O–H groups in total. The lowest BCUT2D eigenvalue weighted by molar-refractivity contribution is 0.714. The molecule has 1 heterocycles. The molecule has 15 heavy (non-hydrogen) atoms. The summed E-state index contributed by atoms with van der Waals surface area (Å²) >= 11 is 0. The fourth-order valence-corrected chi connectivity index (χ4v) is 1.60. The van der Waals surface area contributed by atoms with Gasteiger partial charge in [0.1, 0.15) is 0 Å². The lowest BCUT2D eigenvalue weighted by atomic mass is 10.2. The van der Waals surface area contributed by atoms with Crippen molar-refractivity contribution in [2.45, 2.75) is 13.5 Å². The van der Waals surface area contributed by atoms with Crippen molar-refractivity contribution in [2.24, 2.45) is 7.05 Å². The number of imidazole rings is 1. The molecule has 0 saturated carbocycles. The maximum Gasteiger partial charge on any atom is 0.328 e. The Balaban J connectivity index is 2.33. The normalized spacial score (nSPS) is 10.5. The minimum Gasteiger partial charge on any atom is -0.300 e. The molecule has 0 radical (unpaired) electrons. The minimum atomic E-state index is 0.0383. The largest absolute Gasteiger partial charge is 0.328 e. The number of hydrogen-bond acceptors (Lipinski definition) is 1. The minimum absolute atomic E-state index is 0.0383. The maximum atomic E-state index is 11.7. The van der Waals surface area contributed by atoms with E-state index in [2.05, 4.69) is 0 Å². The molecule has 0 aliphatic heterocycles. The second-order valence-corrected chi connectivity index (χ2v) is 3.73. The summed E-state index contributed by atoms with van der Waals surface area (Å²) in [6.45, 7) is 2.57. The van der Waals surface area contributed by atoms with E-state index in [-0.39, 0.29) is 5.69 Å². The van der Waals surface area contributed by atoms with Crippen molar-refractivity contribution in [3.8, 4) is 0 Å². The molecule has 0 fully saturated rings. The van der Waals surface area contributed by atoms with Crippen LogP contribution in [0.3, 0.4) is 0 Å². The van der Waals surface area contributed by atoms with E-state index in [4.69, 9.17) is 0 Å². The van der Waals surface area contributed by atoms with Crippen LogP contribution in [0.5, 0.6) is 0 Å². The molecule has 2 aromatic rings. The Bertz CT molecular complexity index is 508. The third-order valence-electron chi connectivity index (χ3n) is 2.60. The molecule has 0 aliphatic carbocycles. The average molecular weight is 202 g/mol. The van der Waals surface area contributed by atoms with Crippen LogP contribution >= 0.6 is 0 Å². The van der Waals surface area contributed by atoms with Crippen LogP contribution in [0, 0.1) is 6.92 Å². The first kappa shape index (κ1) is 9.77. The van der Waals surface area contributed by atoms with Gasteiger partial charge < -0.3 is 0 Å². The molecule has 1 aromatic carbocycles. The van der Waals surface area contributed by atoms with Crippen LogP contribution < -0.4 is 5.69 Å². The molecule has 3 nitrogen and oxygen atoms in total. The van der Waals surface area contributed by atoms with Gasteiger partial charge in [0, 0.05) is 18.9 Å². The van der Waals surface area contributed by atoms with E-state index >= 15 is 0 Å². The van der Waals surface area contributed by atoms with Crippen molar-refractivity contribution >= 4 is 0 Å². The van der Waals surface area contributed by atoms with Crippen molar-refractivity contribution in [1.82, 2.24) is 9.13 Å². The molecule has 0 spiro atoms. The van der Waals surface area contributed by atoms with Crippen molar-refractivity contribution < 1.29 is 0 Å². The molecule has 2 rings (SSSR count). The van der Waals surface area contributed by atoms with E-state index < -0.39 is 0 Å². The van der Waals surface area contributed by atoms with E-state index in [0.717, 1.165) is 11.3 Å². The summed E-state index contributed by atoms with van der Waals surface area (Å²) in [4.78, 5) is 11.7. The summed E-state index contributed by atoms with van der Waals surface area (Å²) in [5.74, 6) is 0. The molecule has 0 unspecified atom stereocenters. The van der Waals surface area contributed by atoms with Gasteiger partial charge >= 0.3 is 5.69 Å². The van der Waals surface area contributed by atoms with E-state index in [1.54, 1.807) is 16.2 Å². The van der Waals surface area contributed by atoms with E-state index in [1.807, 2.05) is 43.5 Å². The topological polar surface area (TPSA) is 26.9 Å². The van der Waals surface area contributed by atoms with Crippen LogP contribution in [0.15, 0.2) is 41.3 Å². The van der Waals surface area contributed by atoms with Crippen molar-refractivity contribution in [3.05, 3.63) is 58.3 Å². The molecule has 0 aliphatic rings. The molecule has 78 valence electrons. The molecule has 0 bridgehead atoms. The van der Waals surface area contributed by atoms with Gasteiger partial charge in [-0.3, -0.25) is 9.13 Å². The number of rotatable bonds is 2. The zero-order chi connectivity index (χ0) is 10.8. The highest BCUT2D eigenvalue weighted by Crippen LogP contribution is 2.01.